The summed E-state index contributed by atoms with van der Waals surface area (Å²) in [5.41, 5.74) is 4.52. The summed E-state index contributed by atoms with van der Waals surface area (Å²) in [5.74, 6) is 0.869. The molecule has 3 aromatic rings. The molecule has 2 amide bonds. The fourth-order valence-electron chi connectivity index (χ4n) is 3.66. The molecule has 28 heavy (non-hydrogen) atoms. The number of pyridine rings is 1. The number of urea groups is 1. The van der Waals surface area contributed by atoms with Crippen molar-refractivity contribution in [2.75, 3.05) is 19.3 Å². The third kappa shape index (κ3) is 3.80. The SMILES string of the molecule is CSNC(=O)N1CCC(Oc2ccc(-c3ccc4ccnn4c3C)cc2)CC1. The number of rotatable bonds is 4. The van der Waals surface area contributed by atoms with Gasteiger partial charge < -0.3 is 9.64 Å². The van der Waals surface area contributed by atoms with Gasteiger partial charge in [-0.05, 0) is 36.8 Å². The zero-order valence-electron chi connectivity index (χ0n) is 16.1. The molecule has 3 heterocycles. The Morgan fingerprint density at radius 3 is 2.61 bits per heavy atom. The van der Waals surface area contributed by atoms with Crippen LogP contribution in [0.2, 0.25) is 0 Å². The smallest absolute Gasteiger partial charge is 0.327 e. The van der Waals surface area contributed by atoms with Crippen molar-refractivity contribution in [3.8, 4) is 16.9 Å². The van der Waals surface area contributed by atoms with E-state index in [1.54, 1.807) is 0 Å². The Morgan fingerprint density at radius 1 is 1.14 bits per heavy atom. The molecule has 1 saturated heterocycles. The lowest BCUT2D eigenvalue weighted by atomic mass is 10.0. The number of fused-ring (bicyclic) bond motifs is 1. The molecule has 1 fully saturated rings. The van der Waals surface area contributed by atoms with Crippen LogP contribution in [0.25, 0.3) is 16.6 Å². The van der Waals surface area contributed by atoms with E-state index in [0.29, 0.717) is 0 Å². The van der Waals surface area contributed by atoms with Crippen LogP contribution in [0, 0.1) is 6.92 Å². The lowest BCUT2D eigenvalue weighted by molar-refractivity contribution is 0.113. The summed E-state index contributed by atoms with van der Waals surface area (Å²) in [6.07, 6.45) is 5.51. The van der Waals surface area contributed by atoms with E-state index in [2.05, 4.69) is 41.0 Å². The Morgan fingerprint density at radius 2 is 1.89 bits per heavy atom. The van der Waals surface area contributed by atoms with Gasteiger partial charge in [0, 0.05) is 49.6 Å². The molecule has 7 heteroatoms. The van der Waals surface area contributed by atoms with Crippen LogP contribution in [0.15, 0.2) is 48.7 Å². The van der Waals surface area contributed by atoms with E-state index in [-0.39, 0.29) is 12.1 Å². The average molecular weight is 397 g/mol. The molecule has 0 saturated carbocycles. The second-order valence-corrected chi connectivity index (χ2v) is 7.55. The minimum Gasteiger partial charge on any atom is -0.490 e. The summed E-state index contributed by atoms with van der Waals surface area (Å²) in [4.78, 5) is 13.7. The molecule has 1 aromatic carbocycles. The molecule has 0 radical (unpaired) electrons. The lowest BCUT2D eigenvalue weighted by Gasteiger charge is -2.31. The van der Waals surface area contributed by atoms with Crippen LogP contribution in [0.5, 0.6) is 5.75 Å². The number of amides is 2. The number of hydrogen-bond donors (Lipinski definition) is 1. The standard InChI is InChI=1S/C21H24N4O2S/c1-15-20(8-5-17-9-12-22-25(15)17)16-3-6-18(7-4-16)27-19-10-13-24(14-11-19)21(26)23-28-2/h3-9,12,19H,10-11,13-14H2,1-2H3,(H,23,26). The van der Waals surface area contributed by atoms with Gasteiger partial charge in [-0.25, -0.2) is 9.31 Å². The fourth-order valence-corrected chi connectivity index (χ4v) is 3.97. The quantitative estimate of drug-likeness (QED) is 0.674. The van der Waals surface area contributed by atoms with Crippen LogP contribution in [0.1, 0.15) is 18.5 Å². The predicted molar refractivity (Wildman–Crippen MR) is 113 cm³/mol. The number of benzene rings is 1. The number of aromatic nitrogens is 2. The Hall–Kier alpha value is -2.67. The van der Waals surface area contributed by atoms with Gasteiger partial charge in [-0.2, -0.15) is 5.10 Å². The van der Waals surface area contributed by atoms with E-state index in [1.165, 1.54) is 11.9 Å². The Kier molecular flexibility index (Phi) is 5.43. The van der Waals surface area contributed by atoms with Crippen LogP contribution >= 0.6 is 11.9 Å². The van der Waals surface area contributed by atoms with Crippen LogP contribution in [-0.2, 0) is 0 Å². The maximum absolute atomic E-state index is 11.9. The van der Waals surface area contributed by atoms with Crippen LogP contribution in [0.4, 0.5) is 4.79 Å². The van der Waals surface area contributed by atoms with Gasteiger partial charge in [-0.1, -0.05) is 30.1 Å². The number of piperidine rings is 1. The van der Waals surface area contributed by atoms with E-state index in [9.17, 15) is 4.79 Å². The van der Waals surface area contributed by atoms with E-state index in [1.807, 2.05) is 40.1 Å². The third-order valence-electron chi connectivity index (χ3n) is 5.19. The highest BCUT2D eigenvalue weighted by Gasteiger charge is 2.23. The zero-order chi connectivity index (χ0) is 19.5. The molecule has 0 spiro atoms. The van der Waals surface area contributed by atoms with Gasteiger partial charge in [0.15, 0.2) is 0 Å². The van der Waals surface area contributed by atoms with Crippen molar-refractivity contribution in [1.29, 1.82) is 0 Å². The molecule has 1 aliphatic heterocycles. The molecule has 2 aromatic heterocycles. The molecule has 1 N–H and O–H groups in total. The topological polar surface area (TPSA) is 58.9 Å². The molecular formula is C21H24N4O2S. The number of carbonyl (C=O) groups is 1. The summed E-state index contributed by atoms with van der Waals surface area (Å²) in [6, 6.07) is 14.4. The van der Waals surface area contributed by atoms with Gasteiger partial charge in [0.25, 0.3) is 0 Å². The van der Waals surface area contributed by atoms with Gasteiger partial charge in [-0.15, -0.1) is 0 Å². The summed E-state index contributed by atoms with van der Waals surface area (Å²) in [7, 11) is 0. The molecule has 6 nitrogen and oxygen atoms in total. The van der Waals surface area contributed by atoms with Gasteiger partial charge in [0.2, 0.25) is 0 Å². The molecular weight excluding hydrogens is 372 g/mol. The number of nitrogens with zero attached hydrogens (tertiary/aromatic N) is 3. The molecule has 1 aliphatic rings. The first-order chi connectivity index (χ1) is 13.7. The maximum Gasteiger partial charge on any atom is 0.327 e. The number of hydrogen-bond acceptors (Lipinski definition) is 4. The number of nitrogens with one attached hydrogen (secondary N) is 1. The Bertz CT molecular complexity index is 962. The number of carbonyl (C=O) groups excluding carboxylic acids is 1. The second kappa shape index (κ2) is 8.14. The predicted octanol–water partition coefficient (Wildman–Crippen LogP) is 4.14. The summed E-state index contributed by atoms with van der Waals surface area (Å²) in [5, 5.41) is 4.39. The molecule has 146 valence electrons. The first-order valence-electron chi connectivity index (χ1n) is 9.44. The monoisotopic (exact) mass is 396 g/mol. The van der Waals surface area contributed by atoms with Crippen molar-refractivity contribution < 1.29 is 9.53 Å². The minimum absolute atomic E-state index is 0.0141. The Balaban J connectivity index is 1.40. The van der Waals surface area contributed by atoms with Crippen LogP contribution in [0.3, 0.4) is 0 Å². The van der Waals surface area contributed by atoms with Crippen molar-refractivity contribution in [2.24, 2.45) is 0 Å². The third-order valence-corrected chi connectivity index (χ3v) is 5.57. The summed E-state index contributed by atoms with van der Waals surface area (Å²) < 4.78 is 10.9. The van der Waals surface area contributed by atoms with E-state index in [4.69, 9.17) is 4.74 Å². The second-order valence-electron chi connectivity index (χ2n) is 6.94. The minimum atomic E-state index is -0.0141. The Labute approximate surface area is 169 Å². The van der Waals surface area contributed by atoms with Crippen molar-refractivity contribution in [1.82, 2.24) is 19.2 Å². The van der Waals surface area contributed by atoms with E-state index in [0.717, 1.165) is 54.0 Å². The number of likely N-dealkylation sites (tertiary alicyclic amines) is 1. The van der Waals surface area contributed by atoms with Gasteiger partial charge in [0.05, 0.1) is 5.52 Å². The molecule has 0 atom stereocenters. The fraction of sp³-hybridized carbons (Fsp3) is 0.333. The molecule has 0 aliphatic carbocycles. The summed E-state index contributed by atoms with van der Waals surface area (Å²) >= 11 is 1.33. The highest BCUT2D eigenvalue weighted by molar-refractivity contribution is 7.97. The molecule has 0 unspecified atom stereocenters. The zero-order valence-corrected chi connectivity index (χ0v) is 16.9. The van der Waals surface area contributed by atoms with Crippen LogP contribution in [-0.4, -0.2) is 46.0 Å². The van der Waals surface area contributed by atoms with Crippen molar-refractivity contribution in [3.05, 3.63) is 54.4 Å². The van der Waals surface area contributed by atoms with Gasteiger partial charge in [-0.3, -0.25) is 4.72 Å². The lowest BCUT2D eigenvalue weighted by Crippen LogP contribution is -2.44. The van der Waals surface area contributed by atoms with Crippen LogP contribution < -0.4 is 9.46 Å². The highest BCUT2D eigenvalue weighted by atomic mass is 32.2. The van der Waals surface area contributed by atoms with Crippen molar-refractivity contribution in [3.63, 3.8) is 0 Å². The maximum atomic E-state index is 11.9. The largest absolute Gasteiger partial charge is 0.490 e. The van der Waals surface area contributed by atoms with Crippen molar-refractivity contribution >= 4 is 23.5 Å². The summed E-state index contributed by atoms with van der Waals surface area (Å²) in [6.45, 7) is 3.52. The number of aryl methyl sites for hydroxylation is 1. The van der Waals surface area contributed by atoms with Crippen molar-refractivity contribution in [2.45, 2.75) is 25.9 Å². The highest BCUT2D eigenvalue weighted by Crippen LogP contribution is 2.27. The molecule has 0 bridgehead atoms. The first-order valence-corrected chi connectivity index (χ1v) is 10.7. The first kappa shape index (κ1) is 18.7. The number of ether oxygens (including phenoxy) is 1. The normalized spacial score (nSPS) is 15.0. The van der Waals surface area contributed by atoms with Gasteiger partial charge in [0.1, 0.15) is 11.9 Å². The average Bonchev–Trinajstić information content (AvgIpc) is 3.20. The van der Waals surface area contributed by atoms with E-state index >= 15 is 0 Å². The van der Waals surface area contributed by atoms with Gasteiger partial charge >= 0.3 is 6.03 Å². The molecule has 4 rings (SSSR count). The van der Waals surface area contributed by atoms with E-state index < -0.39 is 0 Å².